The van der Waals surface area contributed by atoms with Crippen LogP contribution in [0, 0.1) is 6.92 Å². The summed E-state index contributed by atoms with van der Waals surface area (Å²) in [4.78, 5) is 22.3. The summed E-state index contributed by atoms with van der Waals surface area (Å²) in [7, 11) is 0. The lowest BCUT2D eigenvalue weighted by Gasteiger charge is -2.17. The third kappa shape index (κ3) is 1.84. The Labute approximate surface area is 111 Å². The minimum Gasteiger partial charge on any atom is -0.388 e. The van der Waals surface area contributed by atoms with Crippen molar-refractivity contribution in [3.63, 3.8) is 0 Å². The number of aliphatic hydroxyl groups is 2. The Morgan fingerprint density at radius 3 is 2.84 bits per heavy atom. The maximum atomic E-state index is 11.7. The number of hydrogen-bond donors (Lipinski definition) is 3. The Balaban J connectivity index is 2.24. The number of aliphatic hydroxyl groups excluding tert-OH is 2. The molecule has 0 bridgehead atoms. The van der Waals surface area contributed by atoms with Crippen molar-refractivity contribution >= 4 is 22.8 Å². The molecular weight excluding hydrogens is 276 g/mol. The van der Waals surface area contributed by atoms with E-state index in [1.165, 1.54) is 4.57 Å². The Morgan fingerprint density at radius 1 is 1.47 bits per heavy atom. The molecule has 3 heterocycles. The Morgan fingerprint density at radius 2 is 2.21 bits per heavy atom. The van der Waals surface area contributed by atoms with E-state index in [0.29, 0.717) is 5.82 Å². The summed E-state index contributed by atoms with van der Waals surface area (Å²) >= 11 is 5.97. The first-order valence-corrected chi connectivity index (χ1v) is 5.99. The second-order valence-corrected chi connectivity index (χ2v) is 4.69. The molecule has 0 spiro atoms. The third-order valence-electron chi connectivity index (χ3n) is 3.00. The van der Waals surface area contributed by atoms with Gasteiger partial charge in [0.15, 0.2) is 17.4 Å². The Kier molecular flexibility index (Phi) is 2.82. The first-order chi connectivity index (χ1) is 8.99. The second kappa shape index (κ2) is 4.27. The number of halogens is 1. The van der Waals surface area contributed by atoms with Gasteiger partial charge in [-0.2, -0.15) is 0 Å². The summed E-state index contributed by atoms with van der Waals surface area (Å²) in [6.07, 6.45) is -3.08. The summed E-state index contributed by atoms with van der Waals surface area (Å²) in [6.45, 7) is 1.59. The average Bonchev–Trinajstić information content (AvgIpc) is 2.82. The zero-order valence-electron chi connectivity index (χ0n) is 9.87. The standard InChI is InChI=1S/C10H11ClN4O4/c1-3-12-7-5(8(18)13-3)14-10(11)15(7)9-6(17)4(16)2-19-9/h4,6,9,16-17H,2H2,1H3,(H,12,13,18). The highest BCUT2D eigenvalue weighted by Gasteiger charge is 2.38. The molecule has 2 aromatic rings. The molecule has 3 rings (SSSR count). The molecule has 3 unspecified atom stereocenters. The highest BCUT2D eigenvalue weighted by molar-refractivity contribution is 6.29. The topological polar surface area (TPSA) is 113 Å². The molecule has 19 heavy (non-hydrogen) atoms. The quantitative estimate of drug-likeness (QED) is 0.599. The van der Waals surface area contributed by atoms with E-state index in [4.69, 9.17) is 16.3 Å². The molecule has 8 nitrogen and oxygen atoms in total. The summed E-state index contributed by atoms with van der Waals surface area (Å²) in [6, 6.07) is 0. The molecule has 0 aliphatic carbocycles. The van der Waals surface area contributed by atoms with Gasteiger partial charge in [0.2, 0.25) is 5.28 Å². The highest BCUT2D eigenvalue weighted by atomic mass is 35.5. The highest BCUT2D eigenvalue weighted by Crippen LogP contribution is 2.30. The maximum absolute atomic E-state index is 11.7. The van der Waals surface area contributed by atoms with Crippen molar-refractivity contribution in [2.45, 2.75) is 25.4 Å². The lowest BCUT2D eigenvalue weighted by atomic mass is 10.2. The molecule has 0 aromatic carbocycles. The van der Waals surface area contributed by atoms with Crippen molar-refractivity contribution in [2.75, 3.05) is 6.61 Å². The smallest absolute Gasteiger partial charge is 0.279 e. The van der Waals surface area contributed by atoms with Gasteiger partial charge in [0.05, 0.1) is 6.61 Å². The first-order valence-electron chi connectivity index (χ1n) is 5.61. The minimum atomic E-state index is -1.16. The van der Waals surface area contributed by atoms with Crippen LogP contribution >= 0.6 is 11.6 Å². The molecule has 3 N–H and O–H groups in total. The molecule has 102 valence electrons. The number of rotatable bonds is 1. The predicted octanol–water partition coefficient (Wildman–Crippen LogP) is -0.668. The van der Waals surface area contributed by atoms with Crippen LogP contribution in [0.1, 0.15) is 12.1 Å². The lowest BCUT2D eigenvalue weighted by molar-refractivity contribution is -0.0161. The fraction of sp³-hybridized carbons (Fsp3) is 0.500. The van der Waals surface area contributed by atoms with E-state index in [0.717, 1.165) is 0 Å². The number of hydrogen-bond acceptors (Lipinski definition) is 6. The first kappa shape index (κ1) is 12.5. The minimum absolute atomic E-state index is 0.0238. The van der Waals surface area contributed by atoms with E-state index in [-0.39, 0.29) is 23.1 Å². The molecule has 2 aromatic heterocycles. The fourth-order valence-corrected chi connectivity index (χ4v) is 2.36. The number of H-pyrrole nitrogens is 1. The van der Waals surface area contributed by atoms with Crippen molar-refractivity contribution in [3.8, 4) is 0 Å². The van der Waals surface area contributed by atoms with Crippen molar-refractivity contribution < 1.29 is 14.9 Å². The fourth-order valence-electron chi connectivity index (χ4n) is 2.10. The number of aromatic nitrogens is 4. The SMILES string of the molecule is Cc1nc2c(nc(Cl)n2C2OCC(O)C2O)c(=O)[nH]1. The molecule has 0 saturated carbocycles. The van der Waals surface area contributed by atoms with Crippen molar-refractivity contribution in [1.29, 1.82) is 0 Å². The summed E-state index contributed by atoms with van der Waals surface area (Å²) < 4.78 is 6.58. The molecule has 1 fully saturated rings. The molecular formula is C10H11ClN4O4. The van der Waals surface area contributed by atoms with Gasteiger partial charge in [0.25, 0.3) is 5.56 Å². The van der Waals surface area contributed by atoms with E-state index in [9.17, 15) is 15.0 Å². The largest absolute Gasteiger partial charge is 0.388 e. The monoisotopic (exact) mass is 286 g/mol. The number of imidazole rings is 1. The normalized spacial score (nSPS) is 27.3. The molecule has 1 aliphatic rings. The van der Waals surface area contributed by atoms with E-state index in [1.54, 1.807) is 6.92 Å². The van der Waals surface area contributed by atoms with Crippen LogP contribution in [0.25, 0.3) is 11.2 Å². The average molecular weight is 287 g/mol. The molecule has 9 heteroatoms. The van der Waals surface area contributed by atoms with Gasteiger partial charge in [0, 0.05) is 0 Å². The number of nitrogens with zero attached hydrogens (tertiary/aromatic N) is 3. The van der Waals surface area contributed by atoms with Crippen molar-refractivity contribution in [1.82, 2.24) is 19.5 Å². The zero-order chi connectivity index (χ0) is 13.7. The van der Waals surface area contributed by atoms with Crippen LogP contribution in [0.4, 0.5) is 0 Å². The maximum Gasteiger partial charge on any atom is 0.279 e. The molecule has 0 amide bonds. The second-order valence-electron chi connectivity index (χ2n) is 4.36. The van der Waals surface area contributed by atoms with Gasteiger partial charge in [-0.1, -0.05) is 0 Å². The van der Waals surface area contributed by atoms with Crippen LogP contribution in [0.5, 0.6) is 0 Å². The summed E-state index contributed by atoms with van der Waals surface area (Å²) in [5.41, 5.74) is -0.145. The van der Waals surface area contributed by atoms with Crippen LogP contribution in [0.2, 0.25) is 5.28 Å². The third-order valence-corrected chi connectivity index (χ3v) is 3.27. The Bertz CT molecular complexity index is 697. The van der Waals surface area contributed by atoms with Crippen LogP contribution in [0.15, 0.2) is 4.79 Å². The van der Waals surface area contributed by atoms with Gasteiger partial charge in [-0.15, -0.1) is 0 Å². The van der Waals surface area contributed by atoms with Crippen molar-refractivity contribution in [3.05, 3.63) is 21.5 Å². The summed E-state index contributed by atoms with van der Waals surface area (Å²) in [5, 5.41) is 19.3. The number of ether oxygens (including phenoxy) is 1. The molecule has 3 atom stereocenters. The van der Waals surface area contributed by atoms with Gasteiger partial charge in [-0.25, -0.2) is 9.97 Å². The molecule has 0 radical (unpaired) electrons. The van der Waals surface area contributed by atoms with Gasteiger partial charge in [-0.3, -0.25) is 9.36 Å². The van der Waals surface area contributed by atoms with Crippen LogP contribution in [-0.2, 0) is 4.74 Å². The number of nitrogens with one attached hydrogen (secondary N) is 1. The number of aromatic amines is 1. The van der Waals surface area contributed by atoms with Gasteiger partial charge < -0.3 is 19.9 Å². The number of fused-ring (bicyclic) bond motifs is 1. The van der Waals surface area contributed by atoms with Crippen molar-refractivity contribution in [2.24, 2.45) is 0 Å². The summed E-state index contributed by atoms with van der Waals surface area (Å²) in [5.74, 6) is 0.392. The van der Waals surface area contributed by atoms with E-state index >= 15 is 0 Å². The van der Waals surface area contributed by atoms with Gasteiger partial charge in [-0.05, 0) is 18.5 Å². The van der Waals surface area contributed by atoms with Crippen LogP contribution in [0.3, 0.4) is 0 Å². The lowest BCUT2D eigenvalue weighted by Crippen LogP contribution is -2.28. The van der Waals surface area contributed by atoms with Gasteiger partial charge >= 0.3 is 0 Å². The number of aryl methyl sites for hydroxylation is 1. The Hall–Kier alpha value is -1.48. The predicted molar refractivity (Wildman–Crippen MR) is 64.9 cm³/mol. The molecule has 1 saturated heterocycles. The van der Waals surface area contributed by atoms with Crippen LogP contribution < -0.4 is 5.56 Å². The zero-order valence-corrected chi connectivity index (χ0v) is 10.6. The molecule has 1 aliphatic heterocycles. The van der Waals surface area contributed by atoms with E-state index in [1.807, 2.05) is 0 Å². The van der Waals surface area contributed by atoms with Crippen LogP contribution in [-0.4, -0.2) is 48.5 Å². The van der Waals surface area contributed by atoms with E-state index < -0.39 is 24.0 Å². The van der Waals surface area contributed by atoms with E-state index in [2.05, 4.69) is 15.0 Å². The van der Waals surface area contributed by atoms with Gasteiger partial charge in [0.1, 0.15) is 18.0 Å².